The molecule has 1 atom stereocenters. The van der Waals surface area contributed by atoms with E-state index in [1.165, 1.54) is 17.8 Å². The van der Waals surface area contributed by atoms with Gasteiger partial charge in [-0.05, 0) is 36.8 Å². The quantitative estimate of drug-likeness (QED) is 0.768. The second-order valence-corrected chi connectivity index (χ2v) is 8.28. The molecule has 2 saturated heterocycles. The Balaban J connectivity index is 0.000000318. The molecular formula is C19H21F3N4O3S. The van der Waals surface area contributed by atoms with Gasteiger partial charge in [-0.1, -0.05) is 6.07 Å². The molecular weight excluding hydrogens is 421 g/mol. The molecule has 4 heterocycles. The molecule has 1 spiro atoms. The van der Waals surface area contributed by atoms with Gasteiger partial charge in [0.2, 0.25) is 5.95 Å². The average molecular weight is 442 g/mol. The van der Waals surface area contributed by atoms with E-state index in [-0.39, 0.29) is 11.3 Å². The molecule has 0 saturated carbocycles. The fourth-order valence-corrected chi connectivity index (χ4v) is 4.52. The zero-order valence-electron chi connectivity index (χ0n) is 16.0. The van der Waals surface area contributed by atoms with Crippen LogP contribution in [0.2, 0.25) is 0 Å². The van der Waals surface area contributed by atoms with Gasteiger partial charge in [0.1, 0.15) is 0 Å². The van der Waals surface area contributed by atoms with E-state index in [9.17, 15) is 18.0 Å². The predicted octanol–water partition coefficient (Wildman–Crippen LogP) is 3.30. The van der Waals surface area contributed by atoms with Gasteiger partial charge in [0.05, 0.1) is 4.88 Å². The molecule has 0 aliphatic carbocycles. The number of likely N-dealkylation sites (tertiary alicyclic amines) is 1. The number of aliphatic carboxylic acids is 1. The molecule has 2 aliphatic rings. The molecule has 1 unspecified atom stereocenters. The summed E-state index contributed by atoms with van der Waals surface area (Å²) in [5, 5.41) is 9.09. The van der Waals surface area contributed by atoms with Crippen molar-refractivity contribution in [3.05, 3.63) is 40.8 Å². The van der Waals surface area contributed by atoms with Crippen LogP contribution in [0.3, 0.4) is 0 Å². The third-order valence-corrected chi connectivity index (χ3v) is 6.05. The highest BCUT2D eigenvalue weighted by molar-refractivity contribution is 7.12. The maximum Gasteiger partial charge on any atom is 0.490 e. The SMILES string of the molecule is O=C(O)C(F)(F)F.O=C(c1cccs1)N1CCCC2(CCN(c3ncccn3)C2)C1. The summed E-state index contributed by atoms with van der Waals surface area (Å²) in [6.45, 7) is 3.66. The second-order valence-electron chi connectivity index (χ2n) is 7.33. The molecule has 1 amide bonds. The van der Waals surface area contributed by atoms with Crippen molar-refractivity contribution in [3.63, 3.8) is 0 Å². The number of amides is 1. The Morgan fingerprint density at radius 1 is 1.10 bits per heavy atom. The molecule has 0 radical (unpaired) electrons. The highest BCUT2D eigenvalue weighted by Gasteiger charge is 2.43. The zero-order valence-corrected chi connectivity index (χ0v) is 16.8. The van der Waals surface area contributed by atoms with Gasteiger partial charge >= 0.3 is 12.1 Å². The molecule has 2 aromatic rings. The molecule has 7 nitrogen and oxygen atoms in total. The first-order valence-corrected chi connectivity index (χ1v) is 10.2. The monoisotopic (exact) mass is 442 g/mol. The van der Waals surface area contributed by atoms with E-state index in [1.807, 2.05) is 28.5 Å². The first kappa shape index (κ1) is 22.0. The normalized spacial score (nSPS) is 21.3. The number of hydrogen-bond donors (Lipinski definition) is 1. The zero-order chi connectivity index (χ0) is 21.8. The maximum atomic E-state index is 12.7. The number of thiophene rings is 1. The van der Waals surface area contributed by atoms with E-state index in [1.54, 1.807) is 12.4 Å². The van der Waals surface area contributed by atoms with Gasteiger partial charge in [-0.25, -0.2) is 14.8 Å². The van der Waals surface area contributed by atoms with Crippen molar-refractivity contribution in [1.29, 1.82) is 0 Å². The number of piperidine rings is 1. The number of alkyl halides is 3. The number of hydrogen-bond acceptors (Lipinski definition) is 6. The van der Waals surface area contributed by atoms with Gasteiger partial charge in [-0.3, -0.25) is 4.79 Å². The van der Waals surface area contributed by atoms with Crippen LogP contribution in [0.15, 0.2) is 36.0 Å². The minimum atomic E-state index is -5.08. The summed E-state index contributed by atoms with van der Waals surface area (Å²) in [7, 11) is 0. The van der Waals surface area contributed by atoms with E-state index in [4.69, 9.17) is 9.90 Å². The minimum Gasteiger partial charge on any atom is -0.475 e. The van der Waals surface area contributed by atoms with Crippen LogP contribution in [0.25, 0.3) is 0 Å². The fraction of sp³-hybridized carbons (Fsp3) is 0.474. The van der Waals surface area contributed by atoms with E-state index in [0.717, 1.165) is 49.8 Å². The number of aromatic nitrogens is 2. The Hall–Kier alpha value is -2.69. The summed E-state index contributed by atoms with van der Waals surface area (Å²) in [5.74, 6) is -1.76. The third kappa shape index (κ3) is 5.26. The topological polar surface area (TPSA) is 86.6 Å². The average Bonchev–Trinajstić information content (AvgIpc) is 3.39. The van der Waals surface area contributed by atoms with Gasteiger partial charge in [0, 0.05) is 44.0 Å². The first-order chi connectivity index (χ1) is 14.2. The van der Waals surface area contributed by atoms with Crippen molar-refractivity contribution in [2.24, 2.45) is 5.41 Å². The Morgan fingerprint density at radius 2 is 1.80 bits per heavy atom. The third-order valence-electron chi connectivity index (χ3n) is 5.20. The van der Waals surface area contributed by atoms with E-state index in [2.05, 4.69) is 14.9 Å². The van der Waals surface area contributed by atoms with Crippen LogP contribution >= 0.6 is 11.3 Å². The lowest BCUT2D eigenvalue weighted by molar-refractivity contribution is -0.192. The van der Waals surface area contributed by atoms with Gasteiger partial charge in [-0.15, -0.1) is 11.3 Å². The maximum absolute atomic E-state index is 12.7. The number of carbonyl (C=O) groups is 2. The Morgan fingerprint density at radius 3 is 2.40 bits per heavy atom. The lowest BCUT2D eigenvalue weighted by Crippen LogP contribution is -2.47. The highest BCUT2D eigenvalue weighted by Crippen LogP contribution is 2.40. The highest BCUT2D eigenvalue weighted by atomic mass is 32.1. The summed E-state index contributed by atoms with van der Waals surface area (Å²) in [6.07, 6.45) is 1.88. The predicted molar refractivity (Wildman–Crippen MR) is 104 cm³/mol. The van der Waals surface area contributed by atoms with Crippen LogP contribution in [0.4, 0.5) is 19.1 Å². The van der Waals surface area contributed by atoms with Crippen LogP contribution < -0.4 is 4.90 Å². The molecule has 2 aromatic heterocycles. The number of halogens is 3. The summed E-state index contributed by atoms with van der Waals surface area (Å²) < 4.78 is 31.7. The number of nitrogens with zero attached hydrogens (tertiary/aromatic N) is 4. The Kier molecular flexibility index (Phi) is 6.59. The molecule has 30 heavy (non-hydrogen) atoms. The van der Waals surface area contributed by atoms with Crippen molar-refractivity contribution in [2.45, 2.75) is 25.4 Å². The van der Waals surface area contributed by atoms with Gasteiger partial charge < -0.3 is 14.9 Å². The Bertz CT molecular complexity index is 864. The smallest absolute Gasteiger partial charge is 0.475 e. The summed E-state index contributed by atoms with van der Waals surface area (Å²) in [5.41, 5.74) is 0.199. The van der Waals surface area contributed by atoms with Gasteiger partial charge in [0.25, 0.3) is 5.91 Å². The minimum absolute atomic E-state index is 0.188. The van der Waals surface area contributed by atoms with E-state index < -0.39 is 12.1 Å². The molecule has 2 fully saturated rings. The van der Waals surface area contributed by atoms with Gasteiger partial charge in [-0.2, -0.15) is 13.2 Å². The van der Waals surface area contributed by atoms with Gasteiger partial charge in [0.15, 0.2) is 0 Å². The molecule has 1 N–H and O–H groups in total. The van der Waals surface area contributed by atoms with Crippen molar-refractivity contribution in [1.82, 2.24) is 14.9 Å². The van der Waals surface area contributed by atoms with E-state index in [0.29, 0.717) is 0 Å². The van der Waals surface area contributed by atoms with Crippen molar-refractivity contribution in [2.75, 3.05) is 31.1 Å². The van der Waals surface area contributed by atoms with Crippen LogP contribution in [-0.2, 0) is 4.79 Å². The van der Waals surface area contributed by atoms with Crippen molar-refractivity contribution >= 4 is 29.2 Å². The second kappa shape index (κ2) is 8.99. The summed E-state index contributed by atoms with van der Waals surface area (Å²) in [4.78, 5) is 35.4. The van der Waals surface area contributed by atoms with Crippen LogP contribution in [0.5, 0.6) is 0 Å². The largest absolute Gasteiger partial charge is 0.490 e. The molecule has 0 aromatic carbocycles. The number of rotatable bonds is 2. The summed E-state index contributed by atoms with van der Waals surface area (Å²) >= 11 is 1.53. The Labute approximate surface area is 175 Å². The first-order valence-electron chi connectivity index (χ1n) is 9.35. The number of carbonyl (C=O) groups excluding carboxylic acids is 1. The molecule has 11 heteroatoms. The number of carboxylic acids is 1. The molecule has 2 aliphatic heterocycles. The standard InChI is InChI=1S/C17H20N4OS.C2HF3O2/c22-15(14-4-1-11-23-14)20-9-2-5-17(12-20)6-10-21(13-17)16-18-7-3-8-19-16;3-2(4,5)1(6)7/h1,3-4,7-8,11H,2,5-6,9-10,12-13H2;(H,6,7). The fourth-order valence-electron chi connectivity index (χ4n) is 3.83. The number of anilines is 1. The molecule has 162 valence electrons. The van der Waals surface area contributed by atoms with Crippen LogP contribution in [0, 0.1) is 5.41 Å². The lowest BCUT2D eigenvalue weighted by atomic mass is 9.79. The molecule has 4 rings (SSSR count). The number of carboxylic acid groups (broad SMARTS) is 1. The van der Waals surface area contributed by atoms with Crippen molar-refractivity contribution in [3.8, 4) is 0 Å². The van der Waals surface area contributed by atoms with Crippen molar-refractivity contribution < 1.29 is 27.9 Å². The lowest BCUT2D eigenvalue weighted by Gasteiger charge is -2.40. The van der Waals surface area contributed by atoms with E-state index >= 15 is 0 Å². The molecule has 0 bridgehead atoms. The van der Waals surface area contributed by atoms with Crippen LogP contribution in [0.1, 0.15) is 28.9 Å². The summed E-state index contributed by atoms with van der Waals surface area (Å²) in [6, 6.07) is 5.71. The van der Waals surface area contributed by atoms with Crippen LogP contribution in [-0.4, -0.2) is 64.2 Å².